The lowest BCUT2D eigenvalue weighted by atomic mass is 10.2. The number of benzene rings is 1. The fourth-order valence-electron chi connectivity index (χ4n) is 2.84. The van der Waals surface area contributed by atoms with Crippen molar-refractivity contribution in [1.82, 2.24) is 24.7 Å². The molecule has 0 fully saturated rings. The number of hydrogen-bond acceptors (Lipinski definition) is 3. The van der Waals surface area contributed by atoms with E-state index in [1.54, 1.807) is 0 Å². The van der Waals surface area contributed by atoms with Crippen LogP contribution in [0.4, 0.5) is 0 Å². The molecule has 1 N–H and O–H groups in total. The predicted molar refractivity (Wildman–Crippen MR) is 94.0 cm³/mol. The van der Waals surface area contributed by atoms with Gasteiger partial charge in [0.15, 0.2) is 0 Å². The summed E-state index contributed by atoms with van der Waals surface area (Å²) in [5.74, 6) is 0. The summed E-state index contributed by atoms with van der Waals surface area (Å²) < 4.78 is 3.83. The van der Waals surface area contributed by atoms with E-state index in [0.29, 0.717) is 0 Å². The molecular formula is C19H19N5. The topological polar surface area (TPSA) is 47.2 Å². The van der Waals surface area contributed by atoms with Gasteiger partial charge in [-0.25, -0.2) is 9.20 Å². The Morgan fingerprint density at radius 1 is 0.958 bits per heavy atom. The Labute approximate surface area is 140 Å². The minimum absolute atomic E-state index is 0.781. The maximum atomic E-state index is 4.61. The van der Waals surface area contributed by atoms with Gasteiger partial charge in [0.2, 0.25) is 0 Å². The summed E-state index contributed by atoms with van der Waals surface area (Å²) in [4.78, 5) is 0. The molecule has 0 saturated carbocycles. The lowest BCUT2D eigenvalue weighted by molar-refractivity contribution is 0.693. The lowest BCUT2D eigenvalue weighted by Crippen LogP contribution is -2.12. The van der Waals surface area contributed by atoms with Gasteiger partial charge in [0.25, 0.3) is 0 Å². The van der Waals surface area contributed by atoms with Gasteiger partial charge in [0.1, 0.15) is 0 Å². The number of nitrogens with one attached hydrogen (secondary N) is 1. The maximum Gasteiger partial charge on any atom is 0.0706 e. The molecule has 3 heterocycles. The van der Waals surface area contributed by atoms with E-state index in [4.69, 9.17) is 0 Å². The van der Waals surface area contributed by atoms with Gasteiger partial charge in [-0.1, -0.05) is 24.3 Å². The standard InChI is InChI=1S/C19H19N5/c1-15-17(14-24(22-15)18-7-3-2-4-8-18)12-20-11-16-13-21-23-10-6-5-9-19(16)23/h2-10,13-14,20H,11-12H2,1H3. The van der Waals surface area contributed by atoms with Crippen LogP contribution in [0.1, 0.15) is 16.8 Å². The molecule has 1 aromatic carbocycles. The second-order valence-corrected chi connectivity index (χ2v) is 5.82. The number of para-hydroxylation sites is 1. The summed E-state index contributed by atoms with van der Waals surface area (Å²) in [5.41, 5.74) is 5.67. The molecule has 4 rings (SSSR count). The third-order valence-electron chi connectivity index (χ3n) is 4.16. The fourth-order valence-corrected chi connectivity index (χ4v) is 2.84. The van der Waals surface area contributed by atoms with Gasteiger partial charge >= 0.3 is 0 Å². The average Bonchev–Trinajstić information content (AvgIpc) is 3.20. The predicted octanol–water partition coefficient (Wildman–Crippen LogP) is 3.12. The van der Waals surface area contributed by atoms with Crippen LogP contribution in [0.15, 0.2) is 67.1 Å². The van der Waals surface area contributed by atoms with Gasteiger partial charge in [-0.3, -0.25) is 0 Å². The van der Waals surface area contributed by atoms with E-state index < -0.39 is 0 Å². The second kappa shape index (κ2) is 6.29. The first-order valence-corrected chi connectivity index (χ1v) is 8.04. The van der Waals surface area contributed by atoms with Crippen molar-refractivity contribution in [3.8, 4) is 5.69 Å². The summed E-state index contributed by atoms with van der Waals surface area (Å²) in [6.07, 6.45) is 5.98. The molecule has 5 nitrogen and oxygen atoms in total. The highest BCUT2D eigenvalue weighted by molar-refractivity contribution is 5.53. The molecule has 0 radical (unpaired) electrons. The van der Waals surface area contributed by atoms with E-state index in [-0.39, 0.29) is 0 Å². The Morgan fingerprint density at radius 2 is 1.75 bits per heavy atom. The smallest absolute Gasteiger partial charge is 0.0706 e. The Kier molecular flexibility index (Phi) is 3.84. The number of fused-ring (bicyclic) bond motifs is 1. The number of hydrogen-bond donors (Lipinski definition) is 1. The molecule has 5 heteroatoms. The van der Waals surface area contributed by atoms with Gasteiger partial charge in [-0.2, -0.15) is 10.2 Å². The number of aromatic nitrogens is 4. The fraction of sp³-hybridized carbons (Fsp3) is 0.158. The lowest BCUT2D eigenvalue weighted by Gasteiger charge is -2.03. The zero-order chi connectivity index (χ0) is 16.4. The Balaban J connectivity index is 1.46. The van der Waals surface area contributed by atoms with Crippen LogP contribution < -0.4 is 5.32 Å². The quantitative estimate of drug-likeness (QED) is 0.615. The van der Waals surface area contributed by atoms with Crippen molar-refractivity contribution in [2.24, 2.45) is 0 Å². The van der Waals surface area contributed by atoms with Crippen molar-refractivity contribution < 1.29 is 0 Å². The Hall–Kier alpha value is -2.92. The van der Waals surface area contributed by atoms with E-state index in [1.165, 1.54) is 11.1 Å². The third kappa shape index (κ3) is 2.81. The van der Waals surface area contributed by atoms with Crippen molar-refractivity contribution in [3.05, 3.63) is 83.9 Å². The summed E-state index contributed by atoms with van der Waals surface area (Å²) in [7, 11) is 0. The van der Waals surface area contributed by atoms with Crippen LogP contribution in [0, 0.1) is 6.92 Å². The molecule has 120 valence electrons. The maximum absolute atomic E-state index is 4.61. The summed E-state index contributed by atoms with van der Waals surface area (Å²) in [6, 6.07) is 16.3. The highest BCUT2D eigenvalue weighted by Crippen LogP contribution is 2.13. The van der Waals surface area contributed by atoms with Crippen molar-refractivity contribution in [2.75, 3.05) is 0 Å². The number of rotatable bonds is 5. The second-order valence-electron chi connectivity index (χ2n) is 5.82. The minimum atomic E-state index is 0.781. The van der Waals surface area contributed by atoms with Gasteiger partial charge in [-0.15, -0.1) is 0 Å². The summed E-state index contributed by atoms with van der Waals surface area (Å²) in [6.45, 7) is 3.61. The van der Waals surface area contributed by atoms with Gasteiger partial charge in [-0.05, 0) is 31.2 Å². The number of aryl methyl sites for hydroxylation is 1. The molecule has 0 spiro atoms. The molecule has 0 saturated heterocycles. The monoisotopic (exact) mass is 317 g/mol. The van der Waals surface area contributed by atoms with Crippen molar-refractivity contribution >= 4 is 5.52 Å². The average molecular weight is 317 g/mol. The minimum Gasteiger partial charge on any atom is -0.308 e. The molecule has 0 bridgehead atoms. The number of pyridine rings is 1. The van der Waals surface area contributed by atoms with Crippen molar-refractivity contribution in [1.29, 1.82) is 0 Å². The molecule has 0 unspecified atom stereocenters. The molecule has 0 aliphatic rings. The van der Waals surface area contributed by atoms with E-state index in [0.717, 1.165) is 30.0 Å². The van der Waals surface area contributed by atoms with Crippen molar-refractivity contribution in [3.63, 3.8) is 0 Å². The molecule has 4 aromatic rings. The van der Waals surface area contributed by atoms with Crippen LogP contribution in [-0.2, 0) is 13.1 Å². The van der Waals surface area contributed by atoms with E-state index in [2.05, 4.69) is 39.9 Å². The third-order valence-corrected chi connectivity index (χ3v) is 4.16. The van der Waals surface area contributed by atoms with Gasteiger partial charge in [0, 0.05) is 36.6 Å². The highest BCUT2D eigenvalue weighted by atomic mass is 15.3. The van der Waals surface area contributed by atoms with Crippen LogP contribution in [0.2, 0.25) is 0 Å². The summed E-state index contributed by atoms with van der Waals surface area (Å²) in [5, 5.41) is 12.5. The van der Waals surface area contributed by atoms with Gasteiger partial charge in [0.05, 0.1) is 23.1 Å². The molecule has 3 aromatic heterocycles. The first kappa shape index (κ1) is 14.7. The van der Waals surface area contributed by atoms with Crippen molar-refractivity contribution in [2.45, 2.75) is 20.0 Å². The Morgan fingerprint density at radius 3 is 2.62 bits per heavy atom. The zero-order valence-electron chi connectivity index (χ0n) is 13.6. The molecule has 0 aliphatic carbocycles. The van der Waals surface area contributed by atoms with E-state index in [1.807, 2.05) is 58.8 Å². The SMILES string of the molecule is Cc1nn(-c2ccccc2)cc1CNCc1cnn2ccccc12. The molecule has 24 heavy (non-hydrogen) atoms. The van der Waals surface area contributed by atoms with Crippen LogP contribution in [-0.4, -0.2) is 19.4 Å². The first-order valence-electron chi connectivity index (χ1n) is 8.04. The first-order chi connectivity index (χ1) is 11.8. The normalized spacial score (nSPS) is 11.2. The van der Waals surface area contributed by atoms with Crippen LogP contribution >= 0.6 is 0 Å². The Bertz CT molecular complexity index is 952. The summed E-state index contributed by atoms with van der Waals surface area (Å²) >= 11 is 0. The highest BCUT2D eigenvalue weighted by Gasteiger charge is 2.07. The van der Waals surface area contributed by atoms with Crippen LogP contribution in [0.25, 0.3) is 11.2 Å². The van der Waals surface area contributed by atoms with Crippen LogP contribution in [0.3, 0.4) is 0 Å². The van der Waals surface area contributed by atoms with Crippen LogP contribution in [0.5, 0.6) is 0 Å². The number of nitrogens with zero attached hydrogens (tertiary/aromatic N) is 4. The molecule has 0 amide bonds. The largest absolute Gasteiger partial charge is 0.308 e. The molecule has 0 aliphatic heterocycles. The molecule has 0 atom stereocenters. The zero-order valence-corrected chi connectivity index (χ0v) is 13.6. The van der Waals surface area contributed by atoms with E-state index in [9.17, 15) is 0 Å². The van der Waals surface area contributed by atoms with Gasteiger partial charge < -0.3 is 5.32 Å². The van der Waals surface area contributed by atoms with E-state index >= 15 is 0 Å². The molecular weight excluding hydrogens is 298 g/mol.